The van der Waals surface area contributed by atoms with Gasteiger partial charge < -0.3 is 14.9 Å². The zero-order chi connectivity index (χ0) is 26.0. The van der Waals surface area contributed by atoms with Gasteiger partial charge in [0.05, 0.1) is 11.8 Å². The van der Waals surface area contributed by atoms with Crippen molar-refractivity contribution >= 4 is 11.6 Å². The molecule has 36 heavy (non-hydrogen) atoms. The predicted octanol–water partition coefficient (Wildman–Crippen LogP) is 4.68. The van der Waals surface area contributed by atoms with Crippen LogP contribution in [0.2, 0.25) is 0 Å². The van der Waals surface area contributed by atoms with Crippen molar-refractivity contribution < 1.29 is 27.6 Å². The van der Waals surface area contributed by atoms with Crippen molar-refractivity contribution in [3.05, 3.63) is 106 Å². The molecule has 1 amide bonds. The van der Waals surface area contributed by atoms with E-state index in [0.29, 0.717) is 5.56 Å². The summed E-state index contributed by atoms with van der Waals surface area (Å²) in [6, 6.07) is 13.7. The molecule has 4 aromatic rings. The Morgan fingerprint density at radius 3 is 2.42 bits per heavy atom. The predicted molar refractivity (Wildman–Crippen MR) is 124 cm³/mol. The Morgan fingerprint density at radius 2 is 1.78 bits per heavy atom. The van der Waals surface area contributed by atoms with Gasteiger partial charge in [-0.15, -0.1) is 0 Å². The maximum Gasteiger partial charge on any atom is 0.416 e. The van der Waals surface area contributed by atoms with Crippen molar-refractivity contribution in [2.45, 2.75) is 24.9 Å². The molecule has 2 heterocycles. The summed E-state index contributed by atoms with van der Waals surface area (Å²) in [6.07, 6.45) is -2.28. The summed E-state index contributed by atoms with van der Waals surface area (Å²) in [7, 11) is 1.33. The van der Waals surface area contributed by atoms with Crippen LogP contribution in [0.15, 0.2) is 76.4 Å². The number of nitrogens with zero attached hydrogens (tertiary/aromatic N) is 3. The number of benzene rings is 2. The lowest BCUT2D eigenvalue weighted by atomic mass is 9.79. The van der Waals surface area contributed by atoms with Gasteiger partial charge in [-0.1, -0.05) is 60.6 Å². The molecule has 186 valence electrons. The molecule has 0 fully saturated rings. The molecule has 0 bridgehead atoms. The zero-order valence-electron chi connectivity index (χ0n) is 19.2. The van der Waals surface area contributed by atoms with Gasteiger partial charge in [-0.2, -0.15) is 13.2 Å². The monoisotopic (exact) mass is 498 g/mol. The van der Waals surface area contributed by atoms with E-state index in [1.165, 1.54) is 31.4 Å². The first-order chi connectivity index (χ1) is 17.1. The lowest BCUT2D eigenvalue weighted by Crippen LogP contribution is -2.30. The molecular formula is C25H21F3N4O4. The molecule has 0 aliphatic carbocycles. The normalized spacial score (nSPS) is 13.2. The number of carbonyl (C=O) groups is 1. The fraction of sp³-hybridized carbons (Fsp3) is 0.200. The standard InChI is InChI=1S/C25H21F3N4O4/c1-14(19(15-8-4-3-5-9-15)17-10-6-7-11-18(17)25(26,27)28)22-31-20(21(33)24(35)32(22)2)23(34)30-16-12-29-36-13-16/h3-14,19,33H,1-2H3,(H,30,34)/t14-,19-/m0/s1. The Balaban J connectivity index is 1.88. The second kappa shape index (κ2) is 9.68. The van der Waals surface area contributed by atoms with E-state index in [2.05, 4.69) is 20.0 Å². The number of rotatable bonds is 6. The van der Waals surface area contributed by atoms with Crippen LogP contribution in [0.3, 0.4) is 0 Å². The molecule has 0 unspecified atom stereocenters. The van der Waals surface area contributed by atoms with Crippen LogP contribution in [0.5, 0.6) is 5.75 Å². The molecule has 2 N–H and O–H groups in total. The average molecular weight is 498 g/mol. The molecule has 2 atom stereocenters. The summed E-state index contributed by atoms with van der Waals surface area (Å²) < 4.78 is 47.6. The van der Waals surface area contributed by atoms with Gasteiger partial charge in [0.1, 0.15) is 17.8 Å². The fourth-order valence-corrected chi connectivity index (χ4v) is 4.20. The second-order valence-corrected chi connectivity index (χ2v) is 8.16. The summed E-state index contributed by atoms with van der Waals surface area (Å²) in [5.41, 5.74) is -1.60. The van der Waals surface area contributed by atoms with Gasteiger partial charge >= 0.3 is 6.18 Å². The van der Waals surface area contributed by atoms with E-state index >= 15 is 0 Å². The minimum Gasteiger partial charge on any atom is -0.501 e. The van der Waals surface area contributed by atoms with Crippen LogP contribution in [0.4, 0.5) is 18.9 Å². The third-order valence-corrected chi connectivity index (χ3v) is 5.87. The maximum atomic E-state index is 14.0. The molecule has 0 radical (unpaired) electrons. The highest BCUT2D eigenvalue weighted by Crippen LogP contribution is 2.43. The molecule has 0 aliphatic heterocycles. The molecule has 4 rings (SSSR count). The van der Waals surface area contributed by atoms with Crippen LogP contribution in [0.25, 0.3) is 0 Å². The summed E-state index contributed by atoms with van der Waals surface area (Å²) >= 11 is 0. The average Bonchev–Trinajstić information content (AvgIpc) is 3.36. The summed E-state index contributed by atoms with van der Waals surface area (Å²) in [5.74, 6) is -3.50. The van der Waals surface area contributed by atoms with Gasteiger partial charge in [-0.3, -0.25) is 14.2 Å². The number of nitrogens with one attached hydrogen (secondary N) is 1. The van der Waals surface area contributed by atoms with Gasteiger partial charge in [-0.25, -0.2) is 4.98 Å². The Hall–Kier alpha value is -4.41. The van der Waals surface area contributed by atoms with Gasteiger partial charge in [0.2, 0.25) is 5.75 Å². The first-order valence-corrected chi connectivity index (χ1v) is 10.8. The van der Waals surface area contributed by atoms with Crippen LogP contribution < -0.4 is 10.9 Å². The lowest BCUT2D eigenvalue weighted by molar-refractivity contribution is -0.138. The van der Waals surface area contributed by atoms with E-state index < -0.39 is 46.5 Å². The summed E-state index contributed by atoms with van der Waals surface area (Å²) in [4.78, 5) is 29.8. The maximum absolute atomic E-state index is 14.0. The third kappa shape index (κ3) is 4.72. The van der Waals surface area contributed by atoms with Crippen LogP contribution in [0.1, 0.15) is 51.8 Å². The van der Waals surface area contributed by atoms with E-state index in [1.54, 1.807) is 37.3 Å². The van der Waals surface area contributed by atoms with Gasteiger partial charge in [-0.05, 0) is 17.2 Å². The van der Waals surface area contributed by atoms with Crippen LogP contribution in [-0.2, 0) is 13.2 Å². The largest absolute Gasteiger partial charge is 0.501 e. The zero-order valence-corrected chi connectivity index (χ0v) is 19.2. The number of aromatic nitrogens is 3. The Kier molecular flexibility index (Phi) is 6.65. The van der Waals surface area contributed by atoms with Crippen molar-refractivity contribution in [3.63, 3.8) is 0 Å². The molecule has 2 aromatic carbocycles. The number of halogens is 3. The molecule has 0 aliphatic rings. The van der Waals surface area contributed by atoms with E-state index in [1.807, 2.05) is 0 Å². The van der Waals surface area contributed by atoms with E-state index in [4.69, 9.17) is 0 Å². The van der Waals surface area contributed by atoms with Crippen molar-refractivity contribution in [2.75, 3.05) is 5.32 Å². The molecule has 11 heteroatoms. The fourth-order valence-electron chi connectivity index (χ4n) is 4.20. The number of carbonyl (C=O) groups excluding carboxylic acids is 1. The van der Waals surface area contributed by atoms with Crippen LogP contribution in [-0.4, -0.2) is 25.7 Å². The number of alkyl halides is 3. The number of hydrogen-bond acceptors (Lipinski definition) is 6. The smallest absolute Gasteiger partial charge is 0.416 e. The first-order valence-electron chi connectivity index (χ1n) is 10.8. The molecular weight excluding hydrogens is 477 g/mol. The van der Waals surface area contributed by atoms with Crippen molar-refractivity contribution in [2.24, 2.45) is 7.05 Å². The number of amides is 1. The summed E-state index contributed by atoms with van der Waals surface area (Å²) in [6.45, 7) is 1.62. The van der Waals surface area contributed by atoms with Crippen molar-refractivity contribution in [1.82, 2.24) is 14.7 Å². The van der Waals surface area contributed by atoms with E-state index in [-0.39, 0.29) is 17.1 Å². The highest BCUT2D eigenvalue weighted by atomic mass is 19.4. The van der Waals surface area contributed by atoms with Gasteiger partial charge in [0.15, 0.2) is 5.69 Å². The first kappa shape index (κ1) is 24.7. The highest BCUT2D eigenvalue weighted by molar-refractivity contribution is 6.04. The number of aromatic hydroxyl groups is 1. The topological polar surface area (TPSA) is 110 Å². The quantitative estimate of drug-likeness (QED) is 0.400. The third-order valence-electron chi connectivity index (χ3n) is 5.87. The number of hydrogen-bond donors (Lipinski definition) is 2. The number of anilines is 1. The summed E-state index contributed by atoms with van der Waals surface area (Å²) in [5, 5.41) is 16.2. The molecule has 0 saturated carbocycles. The second-order valence-electron chi connectivity index (χ2n) is 8.16. The van der Waals surface area contributed by atoms with E-state index in [0.717, 1.165) is 16.9 Å². The van der Waals surface area contributed by atoms with Crippen LogP contribution in [0, 0.1) is 0 Å². The van der Waals surface area contributed by atoms with Crippen molar-refractivity contribution in [3.8, 4) is 5.75 Å². The highest BCUT2D eigenvalue weighted by Gasteiger charge is 2.38. The van der Waals surface area contributed by atoms with Gasteiger partial charge in [0.25, 0.3) is 11.5 Å². The Labute approximate surface area is 203 Å². The van der Waals surface area contributed by atoms with E-state index in [9.17, 15) is 27.9 Å². The minimum absolute atomic E-state index is 0.0125. The van der Waals surface area contributed by atoms with Gasteiger partial charge in [0, 0.05) is 18.9 Å². The SMILES string of the molecule is C[C@H](c1nc(C(=O)Nc2cnoc2)c(O)c(=O)n1C)[C@@H](c1ccccc1)c1ccccc1C(F)(F)F. The molecule has 0 spiro atoms. The lowest BCUT2D eigenvalue weighted by Gasteiger charge is -2.28. The Bertz CT molecular complexity index is 1430. The molecule has 0 saturated heterocycles. The molecule has 8 nitrogen and oxygen atoms in total. The molecule has 2 aromatic heterocycles. The minimum atomic E-state index is -4.62. The van der Waals surface area contributed by atoms with Crippen LogP contribution >= 0.6 is 0 Å². The Morgan fingerprint density at radius 1 is 1.11 bits per heavy atom. The van der Waals surface area contributed by atoms with Crippen molar-refractivity contribution in [1.29, 1.82) is 0 Å².